The smallest absolute Gasteiger partial charge is 0.490 e. The molecule has 0 bridgehead atoms. The van der Waals surface area contributed by atoms with Crippen molar-refractivity contribution in [2.45, 2.75) is 25.3 Å². The summed E-state index contributed by atoms with van der Waals surface area (Å²) in [5.74, 6) is -3.11. The van der Waals surface area contributed by atoms with E-state index in [1.54, 1.807) is 53.6 Å². The van der Waals surface area contributed by atoms with E-state index in [1.165, 1.54) is 26.1 Å². The summed E-state index contributed by atoms with van der Waals surface area (Å²) < 4.78 is 55.2. The minimum Gasteiger partial charge on any atom is -0.491 e. The first-order chi connectivity index (χ1) is 23.5. The number of carboxylic acids is 2. The maximum Gasteiger partial charge on any atom is 0.490 e. The topological polar surface area (TPSA) is 173 Å². The highest BCUT2D eigenvalue weighted by atomic mass is 35.5. The molecule has 13 nitrogen and oxygen atoms in total. The lowest BCUT2D eigenvalue weighted by Crippen LogP contribution is -2.34. The average molecular weight is 750 g/mol. The van der Waals surface area contributed by atoms with Gasteiger partial charge < -0.3 is 39.6 Å². The largest absolute Gasteiger partial charge is 0.491 e. The van der Waals surface area contributed by atoms with Crippen molar-refractivity contribution in [1.29, 1.82) is 0 Å². The molecular weight excluding hydrogens is 716 g/mol. The van der Waals surface area contributed by atoms with E-state index in [0.717, 1.165) is 0 Å². The molecule has 1 aliphatic heterocycles. The molecular formula is C32H33Cl2F3N2O11. The lowest BCUT2D eigenvalue weighted by Gasteiger charge is -2.20. The number of amides is 1. The lowest BCUT2D eigenvalue weighted by atomic mass is 10.2. The zero-order valence-electron chi connectivity index (χ0n) is 26.5. The molecule has 4 rings (SSSR count). The van der Waals surface area contributed by atoms with Gasteiger partial charge in [0.2, 0.25) is 0 Å². The van der Waals surface area contributed by atoms with Crippen LogP contribution in [-0.2, 0) is 14.4 Å². The number of carbonyl (C=O) groups is 3. The first-order valence-electron chi connectivity index (χ1n) is 14.7. The molecule has 50 heavy (non-hydrogen) atoms. The molecule has 3 aromatic rings. The Kier molecular flexibility index (Phi) is 14.8. The first kappa shape index (κ1) is 40.0. The van der Waals surface area contributed by atoms with E-state index in [1.807, 2.05) is 0 Å². The molecule has 1 saturated heterocycles. The number of ether oxygens (including phenoxy) is 4. The van der Waals surface area contributed by atoms with Crippen molar-refractivity contribution in [2.24, 2.45) is 5.92 Å². The summed E-state index contributed by atoms with van der Waals surface area (Å²) >= 11 is 12.3. The zero-order chi connectivity index (χ0) is 37.0. The molecule has 1 aliphatic rings. The summed E-state index contributed by atoms with van der Waals surface area (Å²) in [7, 11) is 1.54. The number of benzene rings is 3. The van der Waals surface area contributed by atoms with Crippen LogP contribution in [0, 0.1) is 5.92 Å². The number of rotatable bonds is 14. The highest BCUT2D eigenvalue weighted by Crippen LogP contribution is 2.40. The molecule has 1 amide bonds. The van der Waals surface area contributed by atoms with E-state index in [0.29, 0.717) is 35.2 Å². The van der Waals surface area contributed by atoms with Gasteiger partial charge in [-0.2, -0.15) is 18.2 Å². The number of hydrogen-bond donors (Lipinski definition) is 4. The fourth-order valence-corrected chi connectivity index (χ4v) is 4.28. The fourth-order valence-electron chi connectivity index (χ4n) is 3.95. The molecule has 0 aromatic heterocycles. The molecule has 272 valence electrons. The molecule has 0 spiro atoms. The van der Waals surface area contributed by atoms with E-state index in [4.69, 9.17) is 56.9 Å². The Labute approximate surface area is 293 Å². The molecule has 18 heteroatoms. The van der Waals surface area contributed by atoms with Crippen LogP contribution >= 0.6 is 23.2 Å². The number of aliphatic hydroxyl groups excluding tert-OH is 1. The number of β-amino-alcohol motifs (C(OH)–C–C–N with tert-alkyl or cyclic N) is 1. The minimum atomic E-state index is -5.08. The van der Waals surface area contributed by atoms with Gasteiger partial charge in [-0.15, -0.1) is 0 Å². The maximum absolute atomic E-state index is 11.9. The molecule has 0 aliphatic carbocycles. The second-order valence-electron chi connectivity index (χ2n) is 10.6. The predicted molar refractivity (Wildman–Crippen MR) is 172 cm³/mol. The minimum absolute atomic E-state index is 0.121. The van der Waals surface area contributed by atoms with Gasteiger partial charge in [0.25, 0.3) is 5.91 Å². The number of hydrogen-bond acceptors (Lipinski definition) is 10. The van der Waals surface area contributed by atoms with Crippen LogP contribution in [0.2, 0.25) is 10.0 Å². The third kappa shape index (κ3) is 12.8. The standard InChI is InChI=1S/C30H32Cl2N2O9.C2HF3O2/c1-18(30(37)38)15-39-26-12-27(28(11-25(26)32)43-23-7-3-19(4-8-23)29(36)33-2)40-16-21(35)13-34-14-24(17-41-34)42-22-9-5-20(31)6-10-22;3-2(4,5)1(6)7/h3-12,18,21,24,35H,13-17H2,1-2H3,(H,33,36)(H,37,38);(H,6,7)/t18?,21-,24+;/m0./s1. The highest BCUT2D eigenvalue weighted by Gasteiger charge is 2.38. The van der Waals surface area contributed by atoms with Gasteiger partial charge in [0.15, 0.2) is 11.5 Å². The molecule has 3 aromatic carbocycles. The van der Waals surface area contributed by atoms with Crippen molar-refractivity contribution in [2.75, 3.05) is 40.0 Å². The molecule has 1 fully saturated rings. The van der Waals surface area contributed by atoms with Gasteiger partial charge in [0, 0.05) is 29.8 Å². The average Bonchev–Trinajstić information content (AvgIpc) is 3.50. The number of aliphatic carboxylic acids is 2. The molecule has 0 saturated carbocycles. The van der Waals surface area contributed by atoms with Gasteiger partial charge in [-0.25, -0.2) is 4.79 Å². The third-order valence-electron chi connectivity index (χ3n) is 6.53. The zero-order valence-corrected chi connectivity index (χ0v) is 28.0. The molecule has 3 atom stereocenters. The fraction of sp³-hybridized carbons (Fsp3) is 0.344. The van der Waals surface area contributed by atoms with E-state index < -0.39 is 30.1 Å². The second kappa shape index (κ2) is 18.5. The first-order valence-corrected chi connectivity index (χ1v) is 15.4. The highest BCUT2D eigenvalue weighted by molar-refractivity contribution is 6.32. The second-order valence-corrected chi connectivity index (χ2v) is 11.4. The number of carbonyl (C=O) groups excluding carboxylic acids is 1. The summed E-state index contributed by atoms with van der Waals surface area (Å²) in [6.45, 7) is 2.14. The van der Waals surface area contributed by atoms with Gasteiger partial charge in [0.05, 0.1) is 24.0 Å². The Balaban J connectivity index is 0.000000872. The van der Waals surface area contributed by atoms with Crippen LogP contribution in [0.3, 0.4) is 0 Å². The van der Waals surface area contributed by atoms with Crippen LogP contribution in [-0.4, -0.2) is 96.6 Å². The Morgan fingerprint density at radius 2 is 1.56 bits per heavy atom. The quantitative estimate of drug-likeness (QED) is 0.168. The van der Waals surface area contributed by atoms with Crippen molar-refractivity contribution in [1.82, 2.24) is 10.4 Å². The Morgan fingerprint density at radius 1 is 0.960 bits per heavy atom. The molecule has 0 radical (unpaired) electrons. The summed E-state index contributed by atoms with van der Waals surface area (Å²) in [4.78, 5) is 37.6. The molecule has 1 heterocycles. The van der Waals surface area contributed by atoms with Gasteiger partial charge in [0.1, 0.15) is 49.3 Å². The van der Waals surface area contributed by atoms with E-state index in [-0.39, 0.29) is 54.0 Å². The number of carboxylic acid groups (broad SMARTS) is 2. The number of nitrogens with one attached hydrogen (secondary N) is 1. The van der Waals surface area contributed by atoms with Crippen LogP contribution in [0.25, 0.3) is 0 Å². The van der Waals surface area contributed by atoms with Crippen molar-refractivity contribution in [3.8, 4) is 28.7 Å². The Bertz CT molecular complexity index is 1600. The summed E-state index contributed by atoms with van der Waals surface area (Å²) in [5.41, 5.74) is 0.453. The van der Waals surface area contributed by atoms with Gasteiger partial charge >= 0.3 is 18.1 Å². The lowest BCUT2D eigenvalue weighted by molar-refractivity contribution is -0.192. The summed E-state index contributed by atoms with van der Waals surface area (Å²) in [5, 5.41) is 32.0. The Morgan fingerprint density at radius 3 is 2.14 bits per heavy atom. The van der Waals surface area contributed by atoms with Crippen molar-refractivity contribution < 1.29 is 66.7 Å². The van der Waals surface area contributed by atoms with Crippen LogP contribution in [0.1, 0.15) is 17.3 Å². The van der Waals surface area contributed by atoms with Gasteiger partial charge in [-0.3, -0.25) is 14.4 Å². The van der Waals surface area contributed by atoms with Crippen LogP contribution in [0.4, 0.5) is 13.2 Å². The number of hydroxylamine groups is 2. The van der Waals surface area contributed by atoms with E-state index >= 15 is 0 Å². The predicted octanol–water partition coefficient (Wildman–Crippen LogP) is 5.31. The maximum atomic E-state index is 11.9. The van der Waals surface area contributed by atoms with Crippen LogP contribution in [0.5, 0.6) is 28.7 Å². The number of alkyl halides is 3. The van der Waals surface area contributed by atoms with Crippen molar-refractivity contribution in [3.05, 3.63) is 76.3 Å². The van der Waals surface area contributed by atoms with Crippen LogP contribution < -0.4 is 24.3 Å². The van der Waals surface area contributed by atoms with Crippen molar-refractivity contribution in [3.63, 3.8) is 0 Å². The van der Waals surface area contributed by atoms with Crippen LogP contribution in [0.15, 0.2) is 60.7 Å². The third-order valence-corrected chi connectivity index (χ3v) is 7.08. The number of halogens is 5. The van der Waals surface area contributed by atoms with Crippen molar-refractivity contribution >= 4 is 41.0 Å². The number of nitrogens with zero attached hydrogens (tertiary/aromatic N) is 1. The SMILES string of the molecule is CNC(=O)c1ccc(Oc2cc(Cl)c(OCC(C)C(=O)O)cc2OC[C@@H](O)CN2C[C@@H](Oc3ccc(Cl)cc3)CO2)cc1.O=C(O)C(F)(F)F. The summed E-state index contributed by atoms with van der Waals surface area (Å²) in [6, 6.07) is 16.4. The number of aliphatic hydroxyl groups is 1. The van der Waals surface area contributed by atoms with E-state index in [2.05, 4.69) is 5.32 Å². The summed E-state index contributed by atoms with van der Waals surface area (Å²) in [6.07, 6.45) is -6.27. The molecule has 1 unspecified atom stereocenters. The normalized spacial score (nSPS) is 15.6. The Hall–Kier alpha value is -4.48. The van der Waals surface area contributed by atoms with Gasteiger partial charge in [-0.05, 0) is 55.5 Å². The molecule has 4 N–H and O–H groups in total. The van der Waals surface area contributed by atoms with Gasteiger partial charge in [-0.1, -0.05) is 23.2 Å². The van der Waals surface area contributed by atoms with E-state index in [9.17, 15) is 33.0 Å². The monoisotopic (exact) mass is 748 g/mol.